The Hall–Kier alpha value is -2.86. The van der Waals surface area contributed by atoms with Gasteiger partial charge in [-0.15, -0.1) is 10.2 Å². The molecule has 1 saturated heterocycles. The highest BCUT2D eigenvalue weighted by molar-refractivity contribution is 6.30. The summed E-state index contributed by atoms with van der Waals surface area (Å²) in [6.45, 7) is 5.41. The van der Waals surface area contributed by atoms with Gasteiger partial charge in [-0.3, -0.25) is 0 Å². The van der Waals surface area contributed by atoms with Crippen LogP contribution in [0.5, 0.6) is 0 Å². The quantitative estimate of drug-likeness (QED) is 0.570. The van der Waals surface area contributed by atoms with Crippen molar-refractivity contribution in [2.75, 3.05) is 6.54 Å². The summed E-state index contributed by atoms with van der Waals surface area (Å²) < 4.78 is 2.11. The van der Waals surface area contributed by atoms with Crippen LogP contribution in [-0.4, -0.2) is 32.2 Å². The van der Waals surface area contributed by atoms with Crippen LogP contribution in [0, 0.1) is 6.92 Å². The number of rotatable bonds is 6. The standard InChI is InChI=1S/C24H28ClN5O/c1-3-21(19-8-5-4-6-9-19)26-24(31)29-15-7-10-22(29)23-28-27-17(2)30(23)16-18-11-13-20(25)14-12-18/h4-6,8-9,11-14,21-22H,3,7,10,15-16H2,1-2H3,(H,26,31)/t21-,22-/m1/s1. The van der Waals surface area contributed by atoms with Crippen LogP contribution in [-0.2, 0) is 6.54 Å². The van der Waals surface area contributed by atoms with Gasteiger partial charge in [0.25, 0.3) is 0 Å². The normalized spacial score (nSPS) is 17.0. The van der Waals surface area contributed by atoms with Crippen LogP contribution in [0.4, 0.5) is 4.79 Å². The van der Waals surface area contributed by atoms with Crippen LogP contribution in [0.15, 0.2) is 54.6 Å². The van der Waals surface area contributed by atoms with E-state index in [9.17, 15) is 4.79 Å². The predicted molar refractivity (Wildman–Crippen MR) is 122 cm³/mol. The minimum absolute atomic E-state index is 0.0105. The summed E-state index contributed by atoms with van der Waals surface area (Å²) in [5, 5.41) is 12.7. The number of hydrogen-bond acceptors (Lipinski definition) is 3. The molecule has 162 valence electrons. The molecule has 1 aliphatic rings. The molecule has 0 saturated carbocycles. The lowest BCUT2D eigenvalue weighted by Crippen LogP contribution is -2.41. The molecule has 2 aromatic carbocycles. The molecule has 31 heavy (non-hydrogen) atoms. The maximum atomic E-state index is 13.2. The second kappa shape index (κ2) is 9.52. The van der Waals surface area contributed by atoms with Crippen molar-refractivity contribution in [3.8, 4) is 0 Å². The van der Waals surface area contributed by atoms with Gasteiger partial charge in [-0.1, -0.05) is 61.0 Å². The van der Waals surface area contributed by atoms with Crippen molar-refractivity contribution in [3.63, 3.8) is 0 Å². The van der Waals surface area contributed by atoms with Crippen molar-refractivity contribution in [1.29, 1.82) is 0 Å². The van der Waals surface area contributed by atoms with Crippen LogP contribution < -0.4 is 5.32 Å². The van der Waals surface area contributed by atoms with Crippen molar-refractivity contribution in [3.05, 3.63) is 82.4 Å². The third-order valence-corrected chi connectivity index (χ3v) is 6.19. The van der Waals surface area contributed by atoms with Crippen LogP contribution in [0.3, 0.4) is 0 Å². The highest BCUT2D eigenvalue weighted by Crippen LogP contribution is 2.32. The molecule has 1 aliphatic heterocycles. The molecule has 0 radical (unpaired) electrons. The summed E-state index contributed by atoms with van der Waals surface area (Å²) in [4.78, 5) is 15.1. The molecule has 1 N–H and O–H groups in total. The molecule has 0 aliphatic carbocycles. The zero-order valence-electron chi connectivity index (χ0n) is 18.0. The van der Waals surface area contributed by atoms with Gasteiger partial charge in [-0.05, 0) is 49.4 Å². The van der Waals surface area contributed by atoms with Crippen molar-refractivity contribution in [2.45, 2.75) is 51.7 Å². The van der Waals surface area contributed by atoms with Gasteiger partial charge < -0.3 is 14.8 Å². The van der Waals surface area contributed by atoms with E-state index in [0.717, 1.165) is 42.0 Å². The Morgan fingerprint density at radius 3 is 2.61 bits per heavy atom. The van der Waals surface area contributed by atoms with Gasteiger partial charge in [0, 0.05) is 11.6 Å². The lowest BCUT2D eigenvalue weighted by molar-refractivity contribution is 0.185. The van der Waals surface area contributed by atoms with Crippen molar-refractivity contribution in [1.82, 2.24) is 25.0 Å². The van der Waals surface area contributed by atoms with E-state index in [1.807, 2.05) is 54.3 Å². The lowest BCUT2D eigenvalue weighted by atomic mass is 10.1. The first-order chi connectivity index (χ1) is 15.1. The number of halogens is 1. The average molecular weight is 438 g/mol. The summed E-state index contributed by atoms with van der Waals surface area (Å²) in [7, 11) is 0. The molecule has 2 atom stereocenters. The Kier molecular flexibility index (Phi) is 6.56. The van der Waals surface area contributed by atoms with Gasteiger partial charge in [-0.25, -0.2) is 4.79 Å². The van der Waals surface area contributed by atoms with Gasteiger partial charge >= 0.3 is 6.03 Å². The zero-order chi connectivity index (χ0) is 21.8. The Morgan fingerprint density at radius 2 is 1.90 bits per heavy atom. The fourth-order valence-electron chi connectivity index (χ4n) is 4.23. The number of amides is 2. The number of benzene rings is 2. The maximum absolute atomic E-state index is 13.2. The van der Waals surface area contributed by atoms with Gasteiger partial charge in [-0.2, -0.15) is 0 Å². The predicted octanol–water partition coefficient (Wildman–Crippen LogP) is 5.29. The SMILES string of the molecule is CC[C@@H](NC(=O)N1CCC[C@@H]1c1nnc(C)n1Cc1ccc(Cl)cc1)c1ccccc1. The van der Waals surface area contributed by atoms with E-state index < -0.39 is 0 Å². The minimum atomic E-state index is -0.0817. The van der Waals surface area contributed by atoms with E-state index in [4.69, 9.17) is 11.6 Å². The molecular formula is C24H28ClN5O. The summed E-state index contributed by atoms with van der Waals surface area (Å²) in [6, 6.07) is 17.8. The first-order valence-electron chi connectivity index (χ1n) is 10.8. The Morgan fingerprint density at radius 1 is 1.16 bits per heavy atom. The zero-order valence-corrected chi connectivity index (χ0v) is 18.7. The maximum Gasteiger partial charge on any atom is 0.318 e. The molecule has 0 spiro atoms. The van der Waals surface area contributed by atoms with Crippen LogP contribution in [0.2, 0.25) is 5.02 Å². The van der Waals surface area contributed by atoms with Gasteiger partial charge in [0.1, 0.15) is 5.82 Å². The highest BCUT2D eigenvalue weighted by atomic mass is 35.5. The second-order valence-electron chi connectivity index (χ2n) is 7.99. The number of aromatic nitrogens is 3. The van der Waals surface area contributed by atoms with E-state index in [2.05, 4.69) is 39.1 Å². The van der Waals surface area contributed by atoms with E-state index in [0.29, 0.717) is 18.1 Å². The third-order valence-electron chi connectivity index (χ3n) is 5.94. The molecule has 1 fully saturated rings. The minimum Gasteiger partial charge on any atom is -0.331 e. The Labute approximate surface area is 188 Å². The largest absolute Gasteiger partial charge is 0.331 e. The third kappa shape index (κ3) is 4.74. The number of carbonyl (C=O) groups excluding carboxylic acids is 1. The second-order valence-corrected chi connectivity index (χ2v) is 8.43. The van der Waals surface area contributed by atoms with Crippen molar-refractivity contribution >= 4 is 17.6 Å². The summed E-state index contributed by atoms with van der Waals surface area (Å²) in [6.07, 6.45) is 2.67. The average Bonchev–Trinajstić information content (AvgIpc) is 3.41. The van der Waals surface area contributed by atoms with Gasteiger partial charge in [0.05, 0.1) is 18.6 Å². The lowest BCUT2D eigenvalue weighted by Gasteiger charge is -2.27. The van der Waals surface area contributed by atoms with Crippen LogP contribution in [0.1, 0.15) is 61.0 Å². The smallest absolute Gasteiger partial charge is 0.318 e. The molecule has 2 heterocycles. The summed E-state index contributed by atoms with van der Waals surface area (Å²) >= 11 is 6.03. The number of hydrogen-bond donors (Lipinski definition) is 1. The number of likely N-dealkylation sites (tertiary alicyclic amines) is 1. The fraction of sp³-hybridized carbons (Fsp3) is 0.375. The number of nitrogens with one attached hydrogen (secondary N) is 1. The van der Waals surface area contributed by atoms with Crippen molar-refractivity contribution in [2.24, 2.45) is 0 Å². The summed E-state index contributed by atoms with van der Waals surface area (Å²) in [5.74, 6) is 1.68. The number of carbonyl (C=O) groups is 1. The van der Waals surface area contributed by atoms with E-state index in [-0.39, 0.29) is 18.1 Å². The molecular weight excluding hydrogens is 410 g/mol. The molecule has 0 unspecified atom stereocenters. The molecule has 0 bridgehead atoms. The molecule has 6 nitrogen and oxygen atoms in total. The molecule has 2 amide bonds. The molecule has 1 aromatic heterocycles. The van der Waals surface area contributed by atoms with Gasteiger partial charge in [0.15, 0.2) is 5.82 Å². The van der Waals surface area contributed by atoms with E-state index >= 15 is 0 Å². The van der Waals surface area contributed by atoms with Crippen molar-refractivity contribution < 1.29 is 4.79 Å². The first kappa shape index (κ1) is 21.4. The molecule has 4 rings (SSSR count). The number of aryl methyl sites for hydroxylation is 1. The monoisotopic (exact) mass is 437 g/mol. The first-order valence-corrected chi connectivity index (χ1v) is 11.2. The Bertz CT molecular complexity index is 1020. The topological polar surface area (TPSA) is 63.1 Å². The fourth-order valence-corrected chi connectivity index (χ4v) is 4.35. The van der Waals surface area contributed by atoms with E-state index in [1.54, 1.807) is 0 Å². The number of urea groups is 1. The van der Waals surface area contributed by atoms with Crippen LogP contribution >= 0.6 is 11.6 Å². The number of nitrogens with zero attached hydrogens (tertiary/aromatic N) is 4. The molecule has 7 heteroatoms. The summed E-state index contributed by atoms with van der Waals surface area (Å²) in [5.41, 5.74) is 2.24. The highest BCUT2D eigenvalue weighted by Gasteiger charge is 2.34. The van der Waals surface area contributed by atoms with Gasteiger partial charge in [0.2, 0.25) is 0 Å². The van der Waals surface area contributed by atoms with Crippen LogP contribution in [0.25, 0.3) is 0 Å². The Balaban J connectivity index is 1.53. The molecule has 3 aromatic rings. The van der Waals surface area contributed by atoms with E-state index in [1.165, 1.54) is 0 Å².